The molecule has 0 saturated carbocycles. The monoisotopic (exact) mass is 228 g/mol. The Kier molecular flexibility index (Phi) is 7.17. The number of methoxy groups -OCH3 is 1. The smallest absolute Gasteiger partial charge is 0.224 e. The second-order valence-corrected chi connectivity index (χ2v) is 3.16. The van der Waals surface area contributed by atoms with E-state index in [2.05, 4.69) is 4.74 Å². The van der Waals surface area contributed by atoms with E-state index in [0.717, 1.165) is 0 Å². The Bertz CT molecular complexity index is 167. The van der Waals surface area contributed by atoms with Gasteiger partial charge < -0.3 is 9.47 Å². The first-order valence-corrected chi connectivity index (χ1v) is 4.29. The van der Waals surface area contributed by atoms with E-state index in [4.69, 9.17) is 27.9 Å². The third kappa shape index (κ3) is 8.18. The molecule has 0 rings (SSSR count). The third-order valence-corrected chi connectivity index (χ3v) is 1.51. The zero-order valence-electron chi connectivity index (χ0n) is 7.09. The zero-order chi connectivity index (χ0) is 10.3. The molecule has 76 valence electrons. The predicted molar refractivity (Wildman–Crippen MR) is 47.7 cm³/mol. The van der Waals surface area contributed by atoms with E-state index >= 15 is 0 Å². The van der Waals surface area contributed by atoms with E-state index in [0.29, 0.717) is 0 Å². The van der Waals surface area contributed by atoms with Gasteiger partial charge in [0.1, 0.15) is 6.79 Å². The van der Waals surface area contributed by atoms with Crippen LogP contribution in [0.1, 0.15) is 12.8 Å². The highest BCUT2D eigenvalue weighted by Gasteiger charge is 2.16. The molecular weight excluding hydrogens is 219 g/mol. The minimum absolute atomic E-state index is 0.000988. The molecule has 0 saturated heterocycles. The van der Waals surface area contributed by atoms with Gasteiger partial charge in [0.15, 0.2) is 0 Å². The van der Waals surface area contributed by atoms with Crippen molar-refractivity contribution in [3.8, 4) is 0 Å². The maximum atomic E-state index is 10.5. The quantitative estimate of drug-likeness (QED) is 0.487. The summed E-state index contributed by atoms with van der Waals surface area (Å²) >= 11 is 10.2. The molecule has 0 heterocycles. The van der Waals surface area contributed by atoms with E-state index < -0.39 is 16.6 Å². The van der Waals surface area contributed by atoms with Gasteiger partial charge in [-0.05, 0) is 23.2 Å². The normalized spacial score (nSPS) is 10.5. The molecule has 0 atom stereocenters. The highest BCUT2D eigenvalue weighted by Crippen LogP contribution is 2.08. The minimum atomic E-state index is -0.602. The Morgan fingerprint density at radius 2 is 1.69 bits per heavy atom. The molecule has 0 aromatic rings. The molecule has 0 aliphatic rings. The summed E-state index contributed by atoms with van der Waals surface area (Å²) in [7, 11) is 1.43. The van der Waals surface area contributed by atoms with Crippen LogP contribution in [0.25, 0.3) is 0 Å². The lowest BCUT2D eigenvalue weighted by Crippen LogP contribution is -2.19. The fourth-order valence-corrected chi connectivity index (χ4v) is 1.06. The second kappa shape index (κ2) is 7.26. The summed E-state index contributed by atoms with van der Waals surface area (Å²) in [6, 6.07) is 0. The Morgan fingerprint density at radius 1 is 1.23 bits per heavy atom. The van der Waals surface area contributed by atoms with Crippen molar-refractivity contribution in [2.75, 3.05) is 13.9 Å². The molecule has 0 fully saturated rings. The maximum Gasteiger partial charge on any atom is 0.224 e. The average Bonchev–Trinajstić information content (AvgIpc) is 1.98. The summed E-state index contributed by atoms with van der Waals surface area (Å²) in [4.78, 5) is 21.0. The van der Waals surface area contributed by atoms with Crippen molar-refractivity contribution in [3.63, 3.8) is 0 Å². The summed E-state index contributed by atoms with van der Waals surface area (Å²) in [5.74, 6) is 0. The number of rotatable bonds is 7. The van der Waals surface area contributed by atoms with Crippen molar-refractivity contribution in [2.24, 2.45) is 0 Å². The van der Waals surface area contributed by atoms with Gasteiger partial charge in [0.2, 0.25) is 10.5 Å². The first kappa shape index (κ1) is 12.8. The predicted octanol–water partition coefficient (Wildman–Crippen LogP) is 1.29. The van der Waals surface area contributed by atoms with Gasteiger partial charge in [-0.25, -0.2) is 0 Å². The van der Waals surface area contributed by atoms with Crippen molar-refractivity contribution < 1.29 is 19.1 Å². The summed E-state index contributed by atoms with van der Waals surface area (Å²) < 4.78 is 9.58. The van der Waals surface area contributed by atoms with E-state index in [1.165, 1.54) is 7.11 Å². The molecule has 0 aliphatic heterocycles. The van der Waals surface area contributed by atoms with Crippen LogP contribution in [0.2, 0.25) is 0 Å². The lowest BCUT2D eigenvalue weighted by molar-refractivity contribution is -0.123. The summed E-state index contributed by atoms with van der Waals surface area (Å²) in [5.41, 5.74) is 0. The van der Waals surface area contributed by atoms with Crippen LogP contribution in [0.4, 0.5) is 0 Å². The van der Waals surface area contributed by atoms with Gasteiger partial charge in [0, 0.05) is 20.0 Å². The largest absolute Gasteiger partial charge is 0.359 e. The van der Waals surface area contributed by atoms with Crippen LogP contribution >= 0.6 is 23.2 Å². The Labute approximate surface area is 86.1 Å². The molecule has 13 heavy (non-hydrogen) atoms. The topological polar surface area (TPSA) is 52.6 Å². The standard InChI is InChI=1S/C7H10Cl2O4/c1-12-4-13-5(2-6(8)10)3-7(9)11/h5H,2-4H2,1H3. The average molecular weight is 229 g/mol. The SMILES string of the molecule is COCOC(CC(=O)Cl)CC(=O)Cl. The van der Waals surface area contributed by atoms with Crippen molar-refractivity contribution in [1.82, 2.24) is 0 Å². The molecule has 0 spiro atoms. The first-order chi connectivity index (χ1) is 6.06. The lowest BCUT2D eigenvalue weighted by atomic mass is 10.2. The van der Waals surface area contributed by atoms with Crippen LogP contribution in [-0.2, 0) is 19.1 Å². The molecule has 0 aromatic carbocycles. The Hall–Kier alpha value is -0.160. The van der Waals surface area contributed by atoms with Gasteiger partial charge >= 0.3 is 0 Å². The molecule has 0 aromatic heterocycles. The van der Waals surface area contributed by atoms with Crippen LogP contribution in [-0.4, -0.2) is 30.5 Å². The fraction of sp³-hybridized carbons (Fsp3) is 0.714. The van der Waals surface area contributed by atoms with Gasteiger partial charge in [-0.15, -0.1) is 0 Å². The fourth-order valence-electron chi connectivity index (χ4n) is 0.712. The number of hydrogen-bond donors (Lipinski definition) is 0. The second-order valence-electron chi connectivity index (χ2n) is 2.31. The van der Waals surface area contributed by atoms with Crippen molar-refractivity contribution in [2.45, 2.75) is 18.9 Å². The number of halogens is 2. The Balaban J connectivity index is 3.87. The molecule has 0 N–H and O–H groups in total. The molecule has 4 nitrogen and oxygen atoms in total. The molecule has 0 aliphatic carbocycles. The molecular formula is C7H10Cl2O4. The molecule has 0 radical (unpaired) electrons. The van der Waals surface area contributed by atoms with Gasteiger partial charge in [-0.1, -0.05) is 0 Å². The van der Waals surface area contributed by atoms with Crippen molar-refractivity contribution in [1.29, 1.82) is 0 Å². The third-order valence-electron chi connectivity index (χ3n) is 1.20. The van der Waals surface area contributed by atoms with E-state index in [-0.39, 0.29) is 19.6 Å². The minimum Gasteiger partial charge on any atom is -0.359 e. The van der Waals surface area contributed by atoms with Gasteiger partial charge in [0.25, 0.3) is 0 Å². The van der Waals surface area contributed by atoms with Crippen molar-refractivity contribution >= 4 is 33.7 Å². The van der Waals surface area contributed by atoms with E-state index in [9.17, 15) is 9.59 Å². The molecule has 0 unspecified atom stereocenters. The maximum absolute atomic E-state index is 10.5. The number of ether oxygens (including phenoxy) is 2. The van der Waals surface area contributed by atoms with Crippen LogP contribution in [0.3, 0.4) is 0 Å². The summed E-state index contributed by atoms with van der Waals surface area (Å²) in [5, 5.41) is -1.14. The van der Waals surface area contributed by atoms with Gasteiger partial charge in [-0.3, -0.25) is 9.59 Å². The van der Waals surface area contributed by atoms with E-state index in [1.807, 2.05) is 0 Å². The molecule has 6 heteroatoms. The van der Waals surface area contributed by atoms with Crippen LogP contribution < -0.4 is 0 Å². The van der Waals surface area contributed by atoms with E-state index in [1.54, 1.807) is 0 Å². The lowest BCUT2D eigenvalue weighted by Gasteiger charge is -2.12. The highest BCUT2D eigenvalue weighted by atomic mass is 35.5. The van der Waals surface area contributed by atoms with Crippen molar-refractivity contribution in [3.05, 3.63) is 0 Å². The summed E-state index contributed by atoms with van der Waals surface area (Å²) in [6.45, 7) is -0.000988. The first-order valence-electron chi connectivity index (χ1n) is 3.53. The molecule has 0 bridgehead atoms. The Morgan fingerprint density at radius 3 is 2.00 bits per heavy atom. The van der Waals surface area contributed by atoms with Gasteiger partial charge in [0.05, 0.1) is 6.10 Å². The van der Waals surface area contributed by atoms with Crippen LogP contribution in [0.5, 0.6) is 0 Å². The molecule has 0 amide bonds. The number of carbonyl (C=O) groups excluding carboxylic acids is 2. The number of hydrogen-bond acceptors (Lipinski definition) is 4. The number of carbonyl (C=O) groups is 2. The zero-order valence-corrected chi connectivity index (χ0v) is 8.60. The van der Waals surface area contributed by atoms with Crippen LogP contribution in [0, 0.1) is 0 Å². The van der Waals surface area contributed by atoms with Gasteiger partial charge in [-0.2, -0.15) is 0 Å². The summed E-state index contributed by atoms with van der Waals surface area (Å²) in [6.07, 6.45) is -0.706. The van der Waals surface area contributed by atoms with Crippen LogP contribution in [0.15, 0.2) is 0 Å². The highest BCUT2D eigenvalue weighted by molar-refractivity contribution is 6.64.